The first-order valence-electron chi connectivity index (χ1n) is 8.39. The zero-order valence-corrected chi connectivity index (χ0v) is 14.1. The van der Waals surface area contributed by atoms with Gasteiger partial charge in [-0.3, -0.25) is 24.6 Å². The van der Waals surface area contributed by atoms with Crippen molar-refractivity contribution in [2.24, 2.45) is 11.8 Å². The van der Waals surface area contributed by atoms with Crippen LogP contribution in [0.1, 0.15) is 36.5 Å². The van der Waals surface area contributed by atoms with E-state index in [-0.39, 0.29) is 17.7 Å². The number of hydrogen-bond acceptors (Lipinski definition) is 5. The Balaban J connectivity index is 2.02. The maximum atomic E-state index is 13.0. The van der Waals surface area contributed by atoms with E-state index >= 15 is 0 Å². The van der Waals surface area contributed by atoms with Gasteiger partial charge in [-0.05, 0) is 18.6 Å². The summed E-state index contributed by atoms with van der Waals surface area (Å²) >= 11 is 0. The number of rotatable bonds is 6. The van der Waals surface area contributed by atoms with Crippen LogP contribution in [0.5, 0.6) is 0 Å². The Labute approximate surface area is 149 Å². The number of fused-ring (bicyclic) bond motifs is 1. The normalized spacial score (nSPS) is 26.3. The SMILES string of the molecule is CCCC[C@@]1(C(=O)O)[C@@H]2C=C[C@@H]2C(=O)N1C(=O)c1ccc([N+](=O)[O-])cc1. The van der Waals surface area contributed by atoms with Gasteiger partial charge in [-0.15, -0.1) is 0 Å². The van der Waals surface area contributed by atoms with Gasteiger partial charge in [0.25, 0.3) is 11.6 Å². The predicted octanol–water partition coefficient (Wildman–Crippen LogP) is 2.39. The van der Waals surface area contributed by atoms with E-state index in [1.54, 1.807) is 12.2 Å². The molecule has 0 unspecified atom stereocenters. The highest BCUT2D eigenvalue weighted by atomic mass is 16.6. The number of imide groups is 1. The van der Waals surface area contributed by atoms with Crippen LogP contribution in [0.3, 0.4) is 0 Å². The Kier molecular flexibility index (Phi) is 4.35. The summed E-state index contributed by atoms with van der Waals surface area (Å²) < 4.78 is 0. The van der Waals surface area contributed by atoms with Gasteiger partial charge in [0.1, 0.15) is 0 Å². The standard InChI is InChI=1S/C18H18N2O6/c1-2-3-10-18(17(23)24)14-9-8-13(14)16(22)19(18)15(21)11-4-6-12(7-5-11)20(25)26/h4-9,13-14H,2-3,10H2,1H3,(H,23,24)/t13-,14+,18-/m0/s1. The Morgan fingerprint density at radius 1 is 1.27 bits per heavy atom. The van der Waals surface area contributed by atoms with Crippen molar-refractivity contribution < 1.29 is 24.4 Å². The van der Waals surface area contributed by atoms with Crippen molar-refractivity contribution in [1.29, 1.82) is 0 Å². The second-order valence-corrected chi connectivity index (χ2v) is 6.55. The lowest BCUT2D eigenvalue weighted by Crippen LogP contribution is -2.57. The number of unbranched alkanes of at least 4 members (excludes halogenated alkanes) is 1. The number of likely N-dealkylation sites (tertiary alicyclic amines) is 1. The predicted molar refractivity (Wildman–Crippen MR) is 90.3 cm³/mol. The highest BCUT2D eigenvalue weighted by molar-refractivity contribution is 6.12. The Morgan fingerprint density at radius 3 is 2.38 bits per heavy atom. The molecule has 0 bridgehead atoms. The summed E-state index contributed by atoms with van der Waals surface area (Å²) in [5.41, 5.74) is -1.75. The summed E-state index contributed by atoms with van der Waals surface area (Å²) in [7, 11) is 0. The topological polar surface area (TPSA) is 118 Å². The molecule has 2 amide bonds. The number of benzene rings is 1. The number of carbonyl (C=O) groups excluding carboxylic acids is 2. The molecule has 0 spiro atoms. The number of carboxylic acids is 1. The van der Waals surface area contributed by atoms with Gasteiger partial charge < -0.3 is 5.11 Å². The number of non-ortho nitro benzene ring substituents is 1. The number of amides is 2. The van der Waals surface area contributed by atoms with E-state index in [1.165, 1.54) is 12.1 Å². The van der Waals surface area contributed by atoms with Crippen molar-refractivity contribution in [3.8, 4) is 0 Å². The van der Waals surface area contributed by atoms with Gasteiger partial charge in [-0.25, -0.2) is 4.79 Å². The second kappa shape index (κ2) is 6.36. The summed E-state index contributed by atoms with van der Waals surface area (Å²) in [6.45, 7) is 1.91. The van der Waals surface area contributed by atoms with Gasteiger partial charge in [0.05, 0.1) is 10.8 Å². The first-order valence-corrected chi connectivity index (χ1v) is 8.39. The van der Waals surface area contributed by atoms with Gasteiger partial charge in [0.15, 0.2) is 5.54 Å². The zero-order valence-electron chi connectivity index (χ0n) is 14.1. The molecule has 1 heterocycles. The van der Waals surface area contributed by atoms with E-state index < -0.39 is 40.1 Å². The van der Waals surface area contributed by atoms with Crippen molar-refractivity contribution in [3.63, 3.8) is 0 Å². The van der Waals surface area contributed by atoms with Crippen LogP contribution < -0.4 is 0 Å². The van der Waals surface area contributed by atoms with Crippen LogP contribution in [-0.4, -0.2) is 38.3 Å². The molecule has 0 aromatic heterocycles. The van der Waals surface area contributed by atoms with Crippen LogP contribution in [0.15, 0.2) is 36.4 Å². The molecule has 0 radical (unpaired) electrons. The molecule has 8 heteroatoms. The zero-order chi connectivity index (χ0) is 19.1. The lowest BCUT2D eigenvalue weighted by atomic mass is 9.70. The average Bonchev–Trinajstić information content (AvgIpc) is 2.74. The molecule has 1 aliphatic carbocycles. The fraction of sp³-hybridized carbons (Fsp3) is 0.389. The summed E-state index contributed by atoms with van der Waals surface area (Å²) in [4.78, 5) is 48.9. The van der Waals surface area contributed by atoms with Crippen LogP contribution in [0.25, 0.3) is 0 Å². The smallest absolute Gasteiger partial charge is 0.330 e. The number of hydrogen-bond donors (Lipinski definition) is 1. The fourth-order valence-electron chi connectivity index (χ4n) is 3.73. The van der Waals surface area contributed by atoms with Gasteiger partial charge in [-0.1, -0.05) is 31.9 Å². The summed E-state index contributed by atoms with van der Waals surface area (Å²) in [6, 6.07) is 4.81. The minimum absolute atomic E-state index is 0.0485. The maximum Gasteiger partial charge on any atom is 0.330 e. The summed E-state index contributed by atoms with van der Waals surface area (Å²) in [6.07, 6.45) is 4.76. The lowest BCUT2D eigenvalue weighted by Gasteiger charge is -2.38. The van der Waals surface area contributed by atoms with E-state index in [9.17, 15) is 29.6 Å². The van der Waals surface area contributed by atoms with Crippen LogP contribution in [0, 0.1) is 22.0 Å². The molecular formula is C18H18N2O6. The molecule has 136 valence electrons. The van der Waals surface area contributed by atoms with Gasteiger partial charge in [-0.2, -0.15) is 0 Å². The third-order valence-corrected chi connectivity index (χ3v) is 5.18. The maximum absolute atomic E-state index is 13.0. The van der Waals surface area contributed by atoms with Crippen LogP contribution >= 0.6 is 0 Å². The Hall–Kier alpha value is -3.03. The highest BCUT2D eigenvalue weighted by Gasteiger charge is 2.65. The second-order valence-electron chi connectivity index (χ2n) is 6.55. The Morgan fingerprint density at radius 2 is 1.92 bits per heavy atom. The van der Waals surface area contributed by atoms with Crippen molar-refractivity contribution in [3.05, 3.63) is 52.1 Å². The molecule has 0 saturated carbocycles. The van der Waals surface area contributed by atoms with E-state index in [2.05, 4.69) is 0 Å². The number of nitrogens with zero attached hydrogens (tertiary/aromatic N) is 2. The third-order valence-electron chi connectivity index (χ3n) is 5.18. The van der Waals surface area contributed by atoms with Gasteiger partial charge in [0.2, 0.25) is 5.91 Å². The molecule has 26 heavy (non-hydrogen) atoms. The van der Waals surface area contributed by atoms with E-state index in [0.717, 1.165) is 23.5 Å². The molecule has 1 fully saturated rings. The largest absolute Gasteiger partial charge is 0.479 e. The molecule has 1 N–H and O–H groups in total. The number of nitro groups is 1. The highest BCUT2D eigenvalue weighted by Crippen LogP contribution is 2.50. The Bertz CT molecular complexity index is 815. The van der Waals surface area contributed by atoms with E-state index in [1.807, 2.05) is 6.92 Å². The molecule has 1 aromatic rings. The van der Waals surface area contributed by atoms with Gasteiger partial charge in [0, 0.05) is 23.6 Å². The van der Waals surface area contributed by atoms with Crippen LogP contribution in [0.2, 0.25) is 0 Å². The molecule has 1 aliphatic heterocycles. The first kappa shape index (κ1) is 17.8. The molecule has 8 nitrogen and oxygen atoms in total. The van der Waals surface area contributed by atoms with Crippen molar-refractivity contribution >= 4 is 23.5 Å². The van der Waals surface area contributed by atoms with Crippen LogP contribution in [-0.2, 0) is 9.59 Å². The molecule has 3 atom stereocenters. The molecule has 3 rings (SSSR count). The number of carboxylic acid groups (broad SMARTS) is 1. The fourth-order valence-corrected chi connectivity index (χ4v) is 3.73. The lowest BCUT2D eigenvalue weighted by molar-refractivity contribution is -0.384. The third kappa shape index (κ3) is 2.40. The quantitative estimate of drug-likeness (QED) is 0.361. The first-order chi connectivity index (χ1) is 12.3. The summed E-state index contributed by atoms with van der Waals surface area (Å²) in [5, 5.41) is 20.7. The summed E-state index contributed by atoms with van der Waals surface area (Å²) in [5.74, 6) is -3.61. The number of nitro benzene ring substituents is 1. The number of aliphatic carboxylic acids is 1. The van der Waals surface area contributed by atoms with Crippen molar-refractivity contribution in [2.45, 2.75) is 31.7 Å². The monoisotopic (exact) mass is 358 g/mol. The average molecular weight is 358 g/mol. The minimum Gasteiger partial charge on any atom is -0.479 e. The molecule has 2 aliphatic rings. The van der Waals surface area contributed by atoms with E-state index in [0.29, 0.717) is 6.42 Å². The van der Waals surface area contributed by atoms with E-state index in [4.69, 9.17) is 0 Å². The van der Waals surface area contributed by atoms with Crippen molar-refractivity contribution in [1.82, 2.24) is 4.90 Å². The number of carbonyl (C=O) groups is 3. The molecule has 1 saturated heterocycles. The molecule has 1 aromatic carbocycles. The van der Waals surface area contributed by atoms with Gasteiger partial charge >= 0.3 is 5.97 Å². The van der Waals surface area contributed by atoms with Crippen molar-refractivity contribution in [2.75, 3.05) is 0 Å². The minimum atomic E-state index is -1.61. The molecular weight excluding hydrogens is 340 g/mol. The van der Waals surface area contributed by atoms with Crippen LogP contribution in [0.4, 0.5) is 5.69 Å².